The molecule has 0 saturated heterocycles. The Morgan fingerprint density at radius 3 is 2.30 bits per heavy atom. The molecule has 2 N–H and O–H groups in total. The SMILES string of the molecule is CCOC(=O)C1=C(N)N(c2cccc(C(F)(F)F)c2)C2=C(C(=O)[C@@H](C(=O)OCC)[C@H](c3cccc(OC)c3)C2)[C@@H]1c1cccc(Cl)c1. The predicted octanol–water partition coefficient (Wildman–Crippen LogP) is 6.89. The molecule has 3 atom stereocenters. The number of carbonyl (C=O) groups is 3. The van der Waals surface area contributed by atoms with Crippen molar-refractivity contribution in [2.75, 3.05) is 25.2 Å². The number of nitrogens with two attached hydrogens (primary N) is 1. The fourth-order valence-corrected chi connectivity index (χ4v) is 6.46. The van der Waals surface area contributed by atoms with E-state index >= 15 is 0 Å². The summed E-state index contributed by atoms with van der Waals surface area (Å²) in [5, 5.41) is 0.297. The molecule has 1 aliphatic carbocycles. The number of hydrogen-bond acceptors (Lipinski definition) is 8. The molecule has 8 nitrogen and oxygen atoms in total. The average molecular weight is 669 g/mol. The van der Waals surface area contributed by atoms with Crippen molar-refractivity contribution in [3.63, 3.8) is 0 Å². The average Bonchev–Trinajstić information content (AvgIpc) is 3.04. The van der Waals surface area contributed by atoms with Crippen LogP contribution in [0.2, 0.25) is 5.02 Å². The van der Waals surface area contributed by atoms with E-state index in [2.05, 4.69) is 0 Å². The van der Waals surface area contributed by atoms with E-state index in [1.165, 1.54) is 24.1 Å². The van der Waals surface area contributed by atoms with Gasteiger partial charge in [-0.05, 0) is 73.9 Å². The Bertz CT molecular complexity index is 1790. The van der Waals surface area contributed by atoms with Gasteiger partial charge in [0.15, 0.2) is 5.78 Å². The van der Waals surface area contributed by atoms with Gasteiger partial charge in [0, 0.05) is 27.9 Å². The van der Waals surface area contributed by atoms with Crippen molar-refractivity contribution in [2.24, 2.45) is 11.7 Å². The van der Waals surface area contributed by atoms with Gasteiger partial charge in [0.25, 0.3) is 0 Å². The van der Waals surface area contributed by atoms with E-state index in [1.54, 1.807) is 62.4 Å². The van der Waals surface area contributed by atoms with Crippen molar-refractivity contribution in [3.05, 3.63) is 117 Å². The number of alkyl halides is 3. The summed E-state index contributed by atoms with van der Waals surface area (Å²) in [4.78, 5) is 43.5. The molecule has 5 rings (SSSR count). The molecule has 0 fully saturated rings. The zero-order valence-electron chi connectivity index (χ0n) is 25.8. The van der Waals surface area contributed by atoms with E-state index in [1.807, 2.05) is 0 Å². The zero-order chi connectivity index (χ0) is 34.0. The molecule has 0 spiro atoms. The highest BCUT2D eigenvalue weighted by atomic mass is 35.5. The number of halogens is 4. The summed E-state index contributed by atoms with van der Waals surface area (Å²) in [6.07, 6.45) is -4.74. The van der Waals surface area contributed by atoms with Crippen LogP contribution >= 0.6 is 11.6 Å². The van der Waals surface area contributed by atoms with Gasteiger partial charge in [0.2, 0.25) is 0 Å². The number of nitrogens with zero attached hydrogens (tertiary/aromatic N) is 1. The van der Waals surface area contributed by atoms with Crippen molar-refractivity contribution < 1.29 is 41.8 Å². The lowest BCUT2D eigenvalue weighted by atomic mass is 9.67. The van der Waals surface area contributed by atoms with Crippen molar-refractivity contribution in [3.8, 4) is 5.75 Å². The first-order valence-electron chi connectivity index (χ1n) is 14.9. The predicted molar refractivity (Wildman–Crippen MR) is 168 cm³/mol. The Labute approximate surface area is 274 Å². The fourth-order valence-electron chi connectivity index (χ4n) is 6.26. The van der Waals surface area contributed by atoms with Crippen molar-refractivity contribution in [1.29, 1.82) is 0 Å². The summed E-state index contributed by atoms with van der Waals surface area (Å²) in [6, 6.07) is 17.7. The minimum atomic E-state index is -4.70. The lowest BCUT2D eigenvalue weighted by Gasteiger charge is -2.44. The van der Waals surface area contributed by atoms with Gasteiger partial charge in [-0.1, -0.05) is 41.9 Å². The second kappa shape index (κ2) is 13.5. The molecule has 0 unspecified atom stereocenters. The normalized spacial score (nSPS) is 19.8. The monoisotopic (exact) mass is 668 g/mol. The molecule has 2 aliphatic rings. The molecule has 1 aliphatic heterocycles. The summed E-state index contributed by atoms with van der Waals surface area (Å²) >= 11 is 6.37. The summed E-state index contributed by atoms with van der Waals surface area (Å²) in [5.74, 6) is -5.46. The number of allylic oxidation sites excluding steroid dienone is 2. The van der Waals surface area contributed by atoms with Crippen LogP contribution in [0.3, 0.4) is 0 Å². The number of hydrogen-bond donors (Lipinski definition) is 1. The third kappa shape index (κ3) is 6.44. The molecule has 12 heteroatoms. The van der Waals surface area contributed by atoms with Crippen LogP contribution in [0.4, 0.5) is 18.9 Å². The van der Waals surface area contributed by atoms with Crippen LogP contribution in [-0.4, -0.2) is 38.0 Å². The lowest BCUT2D eigenvalue weighted by molar-refractivity contribution is -0.152. The molecule has 1 heterocycles. The summed E-state index contributed by atoms with van der Waals surface area (Å²) in [6.45, 7) is 3.14. The Kier molecular flexibility index (Phi) is 9.67. The van der Waals surface area contributed by atoms with Gasteiger partial charge >= 0.3 is 18.1 Å². The maximum absolute atomic E-state index is 14.9. The van der Waals surface area contributed by atoms with Crippen LogP contribution in [0.15, 0.2) is 95.5 Å². The van der Waals surface area contributed by atoms with Crippen LogP contribution in [-0.2, 0) is 30.0 Å². The molecule has 0 radical (unpaired) electrons. The third-order valence-electron chi connectivity index (χ3n) is 8.21. The van der Waals surface area contributed by atoms with Gasteiger partial charge in [-0.15, -0.1) is 0 Å². The summed E-state index contributed by atoms with van der Waals surface area (Å²) < 4.78 is 58.0. The van der Waals surface area contributed by atoms with Gasteiger partial charge in [-0.2, -0.15) is 13.2 Å². The topological polar surface area (TPSA) is 108 Å². The van der Waals surface area contributed by atoms with E-state index in [9.17, 15) is 27.6 Å². The van der Waals surface area contributed by atoms with E-state index in [0.29, 0.717) is 21.9 Å². The molecule has 0 aromatic heterocycles. The number of benzene rings is 3. The van der Waals surface area contributed by atoms with Crippen LogP contribution in [0, 0.1) is 5.92 Å². The standard InChI is InChI=1S/C35H32ClF3N2O6/c1-4-46-33(43)28-25(19-9-7-14-24(16-19)45-3)18-26-29(31(28)42)27(20-10-6-12-22(36)15-20)30(34(44)47-5-2)32(40)41(26)23-13-8-11-21(17-23)35(37,38)39/h6-17,25,27-28H,4-5,18,40H2,1-3H3/t25-,27-,28-/m0/s1. The lowest BCUT2D eigenvalue weighted by Crippen LogP contribution is -2.46. The number of ether oxygens (including phenoxy) is 3. The minimum Gasteiger partial charge on any atom is -0.497 e. The number of Topliss-reactive ketones (excluding diaryl/α,β-unsaturated/α-hetero) is 1. The number of esters is 2. The van der Waals surface area contributed by atoms with Gasteiger partial charge in [0.05, 0.1) is 37.4 Å². The van der Waals surface area contributed by atoms with Gasteiger partial charge < -0.3 is 19.9 Å². The fraction of sp³-hybridized carbons (Fsp3) is 0.286. The van der Waals surface area contributed by atoms with Crippen molar-refractivity contribution in [2.45, 2.75) is 38.3 Å². The van der Waals surface area contributed by atoms with Crippen LogP contribution in [0.1, 0.15) is 48.8 Å². The molecule has 0 bridgehead atoms. The highest BCUT2D eigenvalue weighted by molar-refractivity contribution is 6.30. The smallest absolute Gasteiger partial charge is 0.416 e. The highest BCUT2D eigenvalue weighted by Gasteiger charge is 2.51. The van der Waals surface area contributed by atoms with E-state index in [-0.39, 0.29) is 48.0 Å². The van der Waals surface area contributed by atoms with E-state index < -0.39 is 47.2 Å². The Balaban J connectivity index is 1.85. The van der Waals surface area contributed by atoms with Gasteiger partial charge in [-0.25, -0.2) is 4.79 Å². The number of anilines is 1. The highest BCUT2D eigenvalue weighted by Crippen LogP contribution is 2.52. The second-order valence-electron chi connectivity index (χ2n) is 10.9. The maximum atomic E-state index is 14.9. The number of rotatable bonds is 8. The molecule has 0 saturated carbocycles. The zero-order valence-corrected chi connectivity index (χ0v) is 26.5. The maximum Gasteiger partial charge on any atom is 0.416 e. The minimum absolute atomic E-state index is 0.000805. The third-order valence-corrected chi connectivity index (χ3v) is 8.45. The van der Waals surface area contributed by atoms with Crippen LogP contribution < -0.4 is 15.4 Å². The molecule has 246 valence electrons. The van der Waals surface area contributed by atoms with Crippen LogP contribution in [0.5, 0.6) is 5.75 Å². The van der Waals surface area contributed by atoms with Crippen molar-refractivity contribution >= 4 is 35.0 Å². The summed E-state index contributed by atoms with van der Waals surface area (Å²) in [5.41, 5.74) is 6.77. The first-order valence-corrected chi connectivity index (χ1v) is 15.3. The Morgan fingerprint density at radius 2 is 1.64 bits per heavy atom. The van der Waals surface area contributed by atoms with Gasteiger partial charge in [0.1, 0.15) is 17.5 Å². The molecule has 3 aromatic carbocycles. The first-order chi connectivity index (χ1) is 22.4. The van der Waals surface area contributed by atoms with Crippen LogP contribution in [0.25, 0.3) is 0 Å². The quantitative estimate of drug-likeness (QED) is 0.204. The Morgan fingerprint density at radius 1 is 0.957 bits per heavy atom. The molecular formula is C35H32ClF3N2O6. The molecule has 3 aromatic rings. The second-order valence-corrected chi connectivity index (χ2v) is 11.4. The van der Waals surface area contributed by atoms with E-state index in [0.717, 1.165) is 12.1 Å². The molecular weight excluding hydrogens is 637 g/mol. The molecule has 47 heavy (non-hydrogen) atoms. The summed E-state index contributed by atoms with van der Waals surface area (Å²) in [7, 11) is 1.48. The number of carbonyl (C=O) groups excluding carboxylic acids is 3. The molecule has 0 amide bonds. The number of methoxy groups -OCH3 is 1. The van der Waals surface area contributed by atoms with Crippen molar-refractivity contribution in [1.82, 2.24) is 0 Å². The first kappa shape index (κ1) is 33.6. The largest absolute Gasteiger partial charge is 0.497 e. The van der Waals surface area contributed by atoms with Gasteiger partial charge in [-0.3, -0.25) is 14.5 Å². The Hall–Kier alpha value is -4.77. The number of ketones is 1. The van der Waals surface area contributed by atoms with E-state index in [4.69, 9.17) is 31.5 Å².